The van der Waals surface area contributed by atoms with Crippen LogP contribution in [0.4, 0.5) is 4.79 Å². The second-order valence-corrected chi connectivity index (χ2v) is 7.43. The number of carbonyl (C=O) groups excluding carboxylic acids is 2. The van der Waals surface area contributed by atoms with Gasteiger partial charge in [0.1, 0.15) is 5.60 Å². The summed E-state index contributed by atoms with van der Waals surface area (Å²) in [6.45, 7) is 10.5. The molecule has 1 atom stereocenters. The lowest BCUT2D eigenvalue weighted by Gasteiger charge is -2.25. The fourth-order valence-corrected chi connectivity index (χ4v) is 2.61. The summed E-state index contributed by atoms with van der Waals surface area (Å²) in [5, 5.41) is 3.17. The number of rotatable bonds is 6. The molecule has 144 valence electrons. The third-order valence-corrected chi connectivity index (χ3v) is 3.48. The maximum atomic E-state index is 12.2. The minimum absolute atomic E-state index is 0.168. The number of esters is 1. The largest absolute Gasteiger partial charge is 0.469 e. The minimum atomic E-state index is -0.831. The molecule has 0 aliphatic carbocycles. The van der Waals surface area contributed by atoms with E-state index in [2.05, 4.69) is 11.9 Å². The summed E-state index contributed by atoms with van der Waals surface area (Å²) in [5.41, 5.74) is -0.301. The summed E-state index contributed by atoms with van der Waals surface area (Å²) >= 11 is 12.3. The van der Waals surface area contributed by atoms with Crippen molar-refractivity contribution in [3.63, 3.8) is 0 Å². The number of methoxy groups -OCH3 is 1. The fourth-order valence-electron chi connectivity index (χ4n) is 2.06. The first-order valence-corrected chi connectivity index (χ1v) is 8.57. The molecular formula is C18H23Cl2NO5. The Morgan fingerprint density at radius 2 is 1.88 bits per heavy atom. The highest BCUT2D eigenvalue weighted by Gasteiger charge is 2.27. The molecule has 8 heteroatoms. The zero-order chi connectivity index (χ0) is 20.1. The molecule has 0 saturated heterocycles. The molecule has 0 radical (unpaired) electrons. The molecule has 0 aliphatic heterocycles. The zero-order valence-electron chi connectivity index (χ0n) is 15.4. The van der Waals surface area contributed by atoms with Crippen molar-refractivity contribution in [2.24, 2.45) is 0 Å². The third-order valence-electron chi connectivity index (χ3n) is 2.98. The summed E-state index contributed by atoms with van der Waals surface area (Å²) in [6.07, 6.45) is -0.873. The highest BCUT2D eigenvalue weighted by molar-refractivity contribution is 6.35. The average molecular weight is 404 g/mol. The van der Waals surface area contributed by atoms with Gasteiger partial charge in [0.05, 0.1) is 30.4 Å². The number of halogens is 2. The summed E-state index contributed by atoms with van der Waals surface area (Å²) in [6, 6.07) is 2.22. The number of hydrogen-bond donors (Lipinski definition) is 1. The normalized spacial score (nSPS) is 12.1. The van der Waals surface area contributed by atoms with Crippen LogP contribution >= 0.6 is 23.2 Å². The molecule has 26 heavy (non-hydrogen) atoms. The molecule has 0 aliphatic rings. The Hall–Kier alpha value is -1.92. The van der Waals surface area contributed by atoms with Gasteiger partial charge in [-0.2, -0.15) is 0 Å². The van der Waals surface area contributed by atoms with Crippen molar-refractivity contribution in [3.8, 4) is 5.75 Å². The average Bonchev–Trinajstić information content (AvgIpc) is 2.46. The van der Waals surface area contributed by atoms with E-state index in [0.29, 0.717) is 16.3 Å². The number of carbonyl (C=O) groups is 2. The van der Waals surface area contributed by atoms with Crippen molar-refractivity contribution in [1.29, 1.82) is 0 Å². The van der Waals surface area contributed by atoms with Crippen LogP contribution in [-0.4, -0.2) is 24.8 Å². The van der Waals surface area contributed by atoms with Gasteiger partial charge in [-0.15, -0.1) is 0 Å². The lowest BCUT2D eigenvalue weighted by Crippen LogP contribution is -2.36. The number of ether oxygens (including phenoxy) is 3. The predicted octanol–water partition coefficient (Wildman–Crippen LogP) is 5.03. The Morgan fingerprint density at radius 1 is 1.27 bits per heavy atom. The molecule has 0 saturated carbocycles. The van der Waals surface area contributed by atoms with Crippen LogP contribution in [0.25, 0.3) is 0 Å². The van der Waals surface area contributed by atoms with E-state index in [9.17, 15) is 9.59 Å². The fraction of sp³-hybridized carbons (Fsp3) is 0.444. The van der Waals surface area contributed by atoms with E-state index in [0.717, 1.165) is 0 Å². The third kappa shape index (κ3) is 7.14. The van der Waals surface area contributed by atoms with E-state index < -0.39 is 23.7 Å². The lowest BCUT2D eigenvalue weighted by molar-refractivity contribution is -0.141. The van der Waals surface area contributed by atoms with Crippen LogP contribution in [-0.2, 0) is 14.3 Å². The SMILES string of the molecule is C=C(C)Oc1c(Cl)cc(Cl)cc1C(CC(=O)OC)NC(=O)OC(C)(C)C. The Labute approximate surface area is 163 Å². The molecule has 0 spiro atoms. The van der Waals surface area contributed by atoms with Crippen molar-refractivity contribution in [3.05, 3.63) is 40.1 Å². The predicted molar refractivity (Wildman–Crippen MR) is 101 cm³/mol. The molecule has 1 unspecified atom stereocenters. The van der Waals surface area contributed by atoms with Crippen molar-refractivity contribution >= 4 is 35.3 Å². The zero-order valence-corrected chi connectivity index (χ0v) is 17.0. The number of nitrogens with one attached hydrogen (secondary N) is 1. The van der Waals surface area contributed by atoms with Crippen LogP contribution in [0.2, 0.25) is 10.0 Å². The van der Waals surface area contributed by atoms with Crippen LogP contribution in [0, 0.1) is 0 Å². The van der Waals surface area contributed by atoms with Gasteiger partial charge in [0.15, 0.2) is 5.75 Å². The van der Waals surface area contributed by atoms with Gasteiger partial charge in [-0.05, 0) is 39.8 Å². The van der Waals surface area contributed by atoms with Crippen molar-refractivity contribution in [2.45, 2.75) is 45.8 Å². The summed E-state index contributed by atoms with van der Waals surface area (Å²) in [7, 11) is 1.25. The van der Waals surface area contributed by atoms with Gasteiger partial charge < -0.3 is 19.5 Å². The number of benzene rings is 1. The summed E-state index contributed by atoms with van der Waals surface area (Å²) in [5.74, 6) is 0.0847. The minimum Gasteiger partial charge on any atom is -0.469 e. The second kappa shape index (κ2) is 9.14. The summed E-state index contributed by atoms with van der Waals surface area (Å²) in [4.78, 5) is 24.0. The molecule has 1 aromatic carbocycles. The first-order valence-electron chi connectivity index (χ1n) is 7.81. The maximum Gasteiger partial charge on any atom is 0.408 e. The van der Waals surface area contributed by atoms with Gasteiger partial charge in [0.25, 0.3) is 0 Å². The second-order valence-electron chi connectivity index (χ2n) is 6.59. The molecule has 1 amide bonds. The van der Waals surface area contributed by atoms with Gasteiger partial charge >= 0.3 is 12.1 Å². The molecule has 1 rings (SSSR count). The van der Waals surface area contributed by atoms with Crippen LogP contribution in [0.15, 0.2) is 24.5 Å². The van der Waals surface area contributed by atoms with Crippen molar-refractivity contribution < 1.29 is 23.8 Å². The molecule has 0 heterocycles. The van der Waals surface area contributed by atoms with Crippen LogP contribution < -0.4 is 10.1 Å². The van der Waals surface area contributed by atoms with Gasteiger partial charge in [0, 0.05) is 10.6 Å². The van der Waals surface area contributed by atoms with Crippen LogP contribution in [0.5, 0.6) is 5.75 Å². The Morgan fingerprint density at radius 3 is 2.38 bits per heavy atom. The molecular weight excluding hydrogens is 381 g/mol. The first kappa shape index (κ1) is 22.1. The Kier molecular flexibility index (Phi) is 7.78. The molecule has 1 N–H and O–H groups in total. The quantitative estimate of drug-likeness (QED) is 0.532. The highest BCUT2D eigenvalue weighted by atomic mass is 35.5. The maximum absolute atomic E-state index is 12.2. The van der Waals surface area contributed by atoms with E-state index in [1.54, 1.807) is 33.8 Å². The van der Waals surface area contributed by atoms with Gasteiger partial charge in [-0.3, -0.25) is 4.79 Å². The van der Waals surface area contributed by atoms with Crippen LogP contribution in [0.3, 0.4) is 0 Å². The molecule has 0 bridgehead atoms. The number of allylic oxidation sites excluding steroid dienone is 1. The van der Waals surface area contributed by atoms with Crippen molar-refractivity contribution in [1.82, 2.24) is 5.32 Å². The van der Waals surface area contributed by atoms with Gasteiger partial charge in [-0.25, -0.2) is 4.79 Å². The monoisotopic (exact) mass is 403 g/mol. The van der Waals surface area contributed by atoms with Gasteiger partial charge in [-0.1, -0.05) is 29.8 Å². The molecule has 1 aromatic rings. The number of alkyl carbamates (subject to hydrolysis) is 1. The summed E-state index contributed by atoms with van der Waals surface area (Å²) < 4.78 is 15.6. The van der Waals surface area contributed by atoms with E-state index in [1.165, 1.54) is 13.2 Å². The number of hydrogen-bond acceptors (Lipinski definition) is 5. The number of amides is 1. The van der Waals surface area contributed by atoms with E-state index >= 15 is 0 Å². The van der Waals surface area contributed by atoms with E-state index in [1.807, 2.05) is 0 Å². The van der Waals surface area contributed by atoms with Crippen molar-refractivity contribution in [2.75, 3.05) is 7.11 Å². The first-order chi connectivity index (χ1) is 11.9. The topological polar surface area (TPSA) is 73.9 Å². The molecule has 6 nitrogen and oxygen atoms in total. The molecule has 0 fully saturated rings. The van der Waals surface area contributed by atoms with E-state index in [-0.39, 0.29) is 17.2 Å². The Bertz CT molecular complexity index is 698. The van der Waals surface area contributed by atoms with Crippen LogP contribution in [0.1, 0.15) is 45.7 Å². The lowest BCUT2D eigenvalue weighted by atomic mass is 10.0. The van der Waals surface area contributed by atoms with Gasteiger partial charge in [0.2, 0.25) is 0 Å². The highest BCUT2D eigenvalue weighted by Crippen LogP contribution is 2.38. The Balaban J connectivity index is 3.31. The standard InChI is InChI=1S/C18H23Cl2NO5/c1-10(2)25-16-12(7-11(19)8-13(16)20)14(9-15(22)24-6)21-17(23)26-18(3,4)5/h7-8,14H,1,9H2,2-6H3,(H,21,23). The van der Waals surface area contributed by atoms with E-state index in [4.69, 9.17) is 37.4 Å². The smallest absolute Gasteiger partial charge is 0.408 e. The molecule has 0 aromatic heterocycles.